The molecule has 0 atom stereocenters. The Balaban J connectivity index is 1.42. The van der Waals surface area contributed by atoms with Crippen molar-refractivity contribution in [3.8, 4) is 11.5 Å². The molecule has 4 rings (SSSR count). The van der Waals surface area contributed by atoms with E-state index in [9.17, 15) is 4.79 Å². The van der Waals surface area contributed by atoms with Crippen LogP contribution < -0.4 is 14.9 Å². The Morgan fingerprint density at radius 3 is 2.84 bits per heavy atom. The van der Waals surface area contributed by atoms with Gasteiger partial charge >= 0.3 is 0 Å². The van der Waals surface area contributed by atoms with Crippen molar-refractivity contribution >= 4 is 22.9 Å². The Hall–Kier alpha value is -3.34. The molecule has 0 aromatic heterocycles. The molecule has 5 nitrogen and oxygen atoms in total. The second-order valence-corrected chi connectivity index (χ2v) is 5.72. The van der Waals surface area contributed by atoms with E-state index in [0.29, 0.717) is 5.75 Å². The number of rotatable bonds is 4. The van der Waals surface area contributed by atoms with Gasteiger partial charge in [0, 0.05) is 0 Å². The number of carbonyl (C=O) groups excluding carboxylic acids is 1. The average molecular weight is 332 g/mol. The van der Waals surface area contributed by atoms with Gasteiger partial charge in [0.15, 0.2) is 11.5 Å². The smallest absolute Gasteiger partial charge is 0.244 e. The normalized spacial score (nSPS) is 12.6. The van der Waals surface area contributed by atoms with Crippen LogP contribution >= 0.6 is 0 Å². The molecule has 0 spiro atoms. The summed E-state index contributed by atoms with van der Waals surface area (Å²) in [7, 11) is 0. The fourth-order valence-corrected chi connectivity index (χ4v) is 2.83. The molecular weight excluding hydrogens is 316 g/mol. The van der Waals surface area contributed by atoms with Gasteiger partial charge in [-0.1, -0.05) is 42.5 Å². The van der Waals surface area contributed by atoms with Crippen LogP contribution in [-0.4, -0.2) is 18.9 Å². The van der Waals surface area contributed by atoms with Gasteiger partial charge in [-0.05, 0) is 40.1 Å². The van der Waals surface area contributed by atoms with Gasteiger partial charge in [-0.2, -0.15) is 5.10 Å². The first kappa shape index (κ1) is 15.2. The molecule has 1 heterocycles. The maximum atomic E-state index is 12.2. The van der Waals surface area contributed by atoms with Crippen LogP contribution in [0.25, 0.3) is 10.8 Å². The third kappa shape index (κ3) is 3.30. The zero-order valence-electron chi connectivity index (χ0n) is 13.4. The van der Waals surface area contributed by atoms with Crippen molar-refractivity contribution in [2.45, 2.75) is 6.42 Å². The summed E-state index contributed by atoms with van der Waals surface area (Å²) >= 11 is 0. The number of nitrogens with zero attached hydrogens (tertiary/aromatic N) is 1. The number of hydrogen-bond donors (Lipinski definition) is 1. The molecule has 0 unspecified atom stereocenters. The predicted octanol–water partition coefficient (Wildman–Crippen LogP) is 3.26. The summed E-state index contributed by atoms with van der Waals surface area (Å²) in [5, 5.41) is 6.23. The monoisotopic (exact) mass is 332 g/mol. The highest BCUT2D eigenvalue weighted by molar-refractivity contribution is 5.90. The third-order valence-corrected chi connectivity index (χ3v) is 4.03. The Labute approximate surface area is 144 Å². The molecule has 0 radical (unpaired) electrons. The highest BCUT2D eigenvalue weighted by Crippen LogP contribution is 2.31. The summed E-state index contributed by atoms with van der Waals surface area (Å²) < 4.78 is 10.6. The summed E-state index contributed by atoms with van der Waals surface area (Å²) in [6, 6.07) is 19.5. The molecule has 25 heavy (non-hydrogen) atoms. The summed E-state index contributed by atoms with van der Waals surface area (Å²) in [5.41, 5.74) is 4.38. The predicted molar refractivity (Wildman–Crippen MR) is 96.0 cm³/mol. The highest BCUT2D eigenvalue weighted by atomic mass is 16.7. The molecule has 0 aliphatic carbocycles. The van der Waals surface area contributed by atoms with E-state index in [4.69, 9.17) is 9.47 Å². The number of fused-ring (bicyclic) bond motifs is 2. The summed E-state index contributed by atoms with van der Waals surface area (Å²) in [6.45, 7) is 0.234. The highest BCUT2D eigenvalue weighted by Gasteiger charge is 2.12. The van der Waals surface area contributed by atoms with Crippen LogP contribution in [0.2, 0.25) is 0 Å². The molecule has 3 aromatic carbocycles. The van der Waals surface area contributed by atoms with Crippen LogP contribution in [0.5, 0.6) is 11.5 Å². The second-order valence-electron chi connectivity index (χ2n) is 5.72. The van der Waals surface area contributed by atoms with E-state index < -0.39 is 0 Å². The van der Waals surface area contributed by atoms with Crippen LogP contribution in [0.15, 0.2) is 65.8 Å². The molecule has 0 saturated heterocycles. The molecule has 3 aromatic rings. The Kier molecular flexibility index (Phi) is 4.04. The van der Waals surface area contributed by atoms with E-state index in [1.807, 2.05) is 60.7 Å². The van der Waals surface area contributed by atoms with Crippen molar-refractivity contribution < 1.29 is 14.3 Å². The Morgan fingerprint density at radius 1 is 1.04 bits per heavy atom. The first-order chi connectivity index (χ1) is 12.3. The fraction of sp³-hybridized carbons (Fsp3) is 0.100. The largest absolute Gasteiger partial charge is 0.454 e. The lowest BCUT2D eigenvalue weighted by Crippen LogP contribution is -2.19. The van der Waals surface area contributed by atoms with Crippen molar-refractivity contribution in [3.05, 3.63) is 71.8 Å². The molecular formula is C20H16N2O3. The lowest BCUT2D eigenvalue weighted by Gasteiger charge is -2.05. The standard InChI is InChI=1S/C20H16N2O3/c23-20(11-16-6-3-5-15-4-1-2-7-17(15)16)22-21-12-14-8-9-18-19(10-14)25-13-24-18/h1-10,12H,11,13H2,(H,22,23). The number of hydrazone groups is 1. The van der Waals surface area contributed by atoms with Gasteiger partial charge in [-0.3, -0.25) is 4.79 Å². The first-order valence-electron chi connectivity index (χ1n) is 7.98. The number of carbonyl (C=O) groups is 1. The molecule has 124 valence electrons. The van der Waals surface area contributed by atoms with Gasteiger partial charge in [0.2, 0.25) is 12.7 Å². The maximum absolute atomic E-state index is 12.2. The van der Waals surface area contributed by atoms with Gasteiger partial charge in [-0.25, -0.2) is 5.43 Å². The van der Waals surface area contributed by atoms with Gasteiger partial charge in [0.1, 0.15) is 0 Å². The molecule has 0 bridgehead atoms. The van der Waals surface area contributed by atoms with Crippen LogP contribution in [0.1, 0.15) is 11.1 Å². The Bertz CT molecular complexity index is 961. The van der Waals surface area contributed by atoms with E-state index >= 15 is 0 Å². The van der Waals surface area contributed by atoms with Gasteiger partial charge in [-0.15, -0.1) is 0 Å². The zero-order chi connectivity index (χ0) is 17.1. The van der Waals surface area contributed by atoms with E-state index in [2.05, 4.69) is 10.5 Å². The van der Waals surface area contributed by atoms with Crippen molar-refractivity contribution in [1.29, 1.82) is 0 Å². The Morgan fingerprint density at radius 2 is 1.88 bits per heavy atom. The van der Waals surface area contributed by atoms with E-state index in [1.165, 1.54) is 0 Å². The zero-order valence-corrected chi connectivity index (χ0v) is 13.4. The van der Waals surface area contributed by atoms with Gasteiger partial charge < -0.3 is 9.47 Å². The molecule has 0 fully saturated rings. The molecule has 1 aliphatic rings. The molecule has 0 saturated carbocycles. The van der Waals surface area contributed by atoms with Crippen molar-refractivity contribution in [2.24, 2.45) is 5.10 Å². The number of hydrogen-bond acceptors (Lipinski definition) is 4. The second kappa shape index (κ2) is 6.65. The lowest BCUT2D eigenvalue weighted by molar-refractivity contribution is -0.120. The molecule has 5 heteroatoms. The number of ether oxygens (including phenoxy) is 2. The van der Waals surface area contributed by atoms with Gasteiger partial charge in [0.25, 0.3) is 0 Å². The first-order valence-corrected chi connectivity index (χ1v) is 7.98. The minimum atomic E-state index is -0.159. The van der Waals surface area contributed by atoms with Crippen molar-refractivity contribution in [1.82, 2.24) is 5.43 Å². The van der Waals surface area contributed by atoms with Crippen molar-refractivity contribution in [2.75, 3.05) is 6.79 Å². The van der Waals surface area contributed by atoms with E-state index in [1.54, 1.807) is 6.21 Å². The SMILES string of the molecule is O=C(Cc1cccc2ccccc12)NN=Cc1ccc2c(c1)OCO2. The lowest BCUT2D eigenvalue weighted by atomic mass is 10.0. The molecule has 1 amide bonds. The fourth-order valence-electron chi connectivity index (χ4n) is 2.83. The molecule has 1 N–H and O–H groups in total. The minimum absolute atomic E-state index is 0.159. The molecule has 1 aliphatic heterocycles. The number of benzene rings is 3. The van der Waals surface area contributed by atoms with Crippen LogP contribution in [0.3, 0.4) is 0 Å². The third-order valence-electron chi connectivity index (χ3n) is 4.03. The van der Waals surface area contributed by atoms with E-state index in [0.717, 1.165) is 27.6 Å². The quantitative estimate of drug-likeness (QED) is 0.589. The van der Waals surface area contributed by atoms with Gasteiger partial charge in [0.05, 0.1) is 12.6 Å². The number of amides is 1. The van der Waals surface area contributed by atoms with Crippen LogP contribution in [-0.2, 0) is 11.2 Å². The number of nitrogens with one attached hydrogen (secondary N) is 1. The van der Waals surface area contributed by atoms with E-state index in [-0.39, 0.29) is 19.1 Å². The average Bonchev–Trinajstić information content (AvgIpc) is 3.10. The summed E-state index contributed by atoms with van der Waals surface area (Å²) in [6.07, 6.45) is 1.86. The van der Waals surface area contributed by atoms with Crippen LogP contribution in [0, 0.1) is 0 Å². The topological polar surface area (TPSA) is 59.9 Å². The summed E-state index contributed by atoms with van der Waals surface area (Å²) in [5.74, 6) is 1.25. The minimum Gasteiger partial charge on any atom is -0.454 e. The van der Waals surface area contributed by atoms with Crippen LogP contribution in [0.4, 0.5) is 0 Å². The summed E-state index contributed by atoms with van der Waals surface area (Å²) in [4.78, 5) is 12.2. The van der Waals surface area contributed by atoms with Crippen molar-refractivity contribution in [3.63, 3.8) is 0 Å². The maximum Gasteiger partial charge on any atom is 0.244 e.